The standard InChI is InChI=1S/C18H21OP/c1-14-12-15(2)18(16(3)13-14)10-7-11-19-20-17-8-5-4-6-9-17/h4-10,12-13,20H,11H2,1-3H3. The van der Waals surface area contributed by atoms with Gasteiger partial charge in [0.2, 0.25) is 0 Å². The van der Waals surface area contributed by atoms with Crippen LogP contribution in [0.4, 0.5) is 0 Å². The molecule has 0 spiro atoms. The van der Waals surface area contributed by atoms with Gasteiger partial charge in [-0.1, -0.05) is 60.2 Å². The lowest BCUT2D eigenvalue weighted by Gasteiger charge is -2.07. The Bertz CT molecular complexity index is 565. The average Bonchev–Trinajstić information content (AvgIpc) is 2.42. The van der Waals surface area contributed by atoms with E-state index in [4.69, 9.17) is 4.52 Å². The molecule has 0 saturated carbocycles. The Morgan fingerprint density at radius 2 is 1.65 bits per heavy atom. The van der Waals surface area contributed by atoms with Crippen molar-refractivity contribution >= 4 is 20.2 Å². The van der Waals surface area contributed by atoms with Crippen LogP contribution in [-0.2, 0) is 4.52 Å². The van der Waals surface area contributed by atoms with Crippen LogP contribution >= 0.6 is 8.81 Å². The Morgan fingerprint density at radius 3 is 2.30 bits per heavy atom. The fourth-order valence-electron chi connectivity index (χ4n) is 2.30. The Morgan fingerprint density at radius 1 is 1.00 bits per heavy atom. The molecule has 0 amide bonds. The molecule has 1 nitrogen and oxygen atoms in total. The van der Waals surface area contributed by atoms with Gasteiger partial charge in [0.05, 0.1) is 6.61 Å². The van der Waals surface area contributed by atoms with Gasteiger partial charge in [0, 0.05) is 8.81 Å². The summed E-state index contributed by atoms with van der Waals surface area (Å²) in [5.41, 5.74) is 5.27. The van der Waals surface area contributed by atoms with Crippen molar-refractivity contribution in [1.29, 1.82) is 0 Å². The van der Waals surface area contributed by atoms with E-state index in [1.807, 2.05) is 18.2 Å². The SMILES string of the molecule is Cc1cc(C)c(C=CCOPc2ccccc2)c(C)c1. The summed E-state index contributed by atoms with van der Waals surface area (Å²) in [6, 6.07) is 14.7. The predicted octanol–water partition coefficient (Wildman–Crippen LogP) is 4.56. The first-order chi connectivity index (χ1) is 9.66. The molecule has 1 unspecified atom stereocenters. The van der Waals surface area contributed by atoms with Gasteiger partial charge in [-0.3, -0.25) is 0 Å². The topological polar surface area (TPSA) is 9.23 Å². The molecule has 0 bridgehead atoms. The van der Waals surface area contributed by atoms with Gasteiger partial charge in [0.1, 0.15) is 0 Å². The molecule has 0 heterocycles. The van der Waals surface area contributed by atoms with Crippen molar-refractivity contribution < 1.29 is 4.52 Å². The molecule has 2 heteroatoms. The zero-order valence-electron chi connectivity index (χ0n) is 12.3. The number of rotatable bonds is 5. The zero-order chi connectivity index (χ0) is 14.4. The highest BCUT2D eigenvalue weighted by molar-refractivity contribution is 7.41. The minimum absolute atomic E-state index is 0.413. The van der Waals surface area contributed by atoms with Gasteiger partial charge < -0.3 is 4.52 Å². The lowest BCUT2D eigenvalue weighted by Crippen LogP contribution is -1.93. The van der Waals surface area contributed by atoms with E-state index in [0.29, 0.717) is 15.4 Å². The van der Waals surface area contributed by atoms with Crippen molar-refractivity contribution in [2.24, 2.45) is 0 Å². The normalized spacial score (nSPS) is 11.8. The first-order valence-corrected chi connectivity index (χ1v) is 7.75. The van der Waals surface area contributed by atoms with Gasteiger partial charge in [-0.25, -0.2) is 0 Å². The second kappa shape index (κ2) is 7.38. The largest absolute Gasteiger partial charge is 0.354 e. The highest BCUT2D eigenvalue weighted by Gasteiger charge is 1.99. The maximum atomic E-state index is 5.69. The predicted molar refractivity (Wildman–Crippen MR) is 90.0 cm³/mol. The molecule has 2 aromatic carbocycles. The third kappa shape index (κ3) is 4.30. The Labute approximate surface area is 123 Å². The van der Waals surface area contributed by atoms with E-state index < -0.39 is 0 Å². The Balaban J connectivity index is 1.88. The molecule has 0 fully saturated rings. The van der Waals surface area contributed by atoms with E-state index in [1.165, 1.54) is 27.6 Å². The maximum absolute atomic E-state index is 5.69. The smallest absolute Gasteiger partial charge is 0.0694 e. The van der Waals surface area contributed by atoms with Crippen LogP contribution in [0.3, 0.4) is 0 Å². The number of benzene rings is 2. The van der Waals surface area contributed by atoms with E-state index in [-0.39, 0.29) is 0 Å². The molecule has 0 N–H and O–H groups in total. The minimum atomic E-state index is 0.413. The van der Waals surface area contributed by atoms with Crippen LogP contribution in [0.2, 0.25) is 0 Å². The molecule has 0 aromatic heterocycles. The average molecular weight is 284 g/mol. The quantitative estimate of drug-likeness (QED) is 0.577. The molecule has 0 aliphatic carbocycles. The summed E-state index contributed by atoms with van der Waals surface area (Å²) >= 11 is 0. The summed E-state index contributed by atoms with van der Waals surface area (Å²) in [6.45, 7) is 7.11. The van der Waals surface area contributed by atoms with Gasteiger partial charge in [0.15, 0.2) is 0 Å². The van der Waals surface area contributed by atoms with Crippen molar-refractivity contribution in [3.8, 4) is 0 Å². The molecule has 2 rings (SSSR count). The van der Waals surface area contributed by atoms with Crippen LogP contribution in [0, 0.1) is 20.8 Å². The van der Waals surface area contributed by atoms with E-state index in [2.05, 4.69) is 57.2 Å². The van der Waals surface area contributed by atoms with Gasteiger partial charge in [-0.2, -0.15) is 0 Å². The van der Waals surface area contributed by atoms with Crippen molar-refractivity contribution in [2.75, 3.05) is 6.61 Å². The third-order valence-electron chi connectivity index (χ3n) is 3.17. The van der Waals surface area contributed by atoms with E-state index in [1.54, 1.807) is 0 Å². The lowest BCUT2D eigenvalue weighted by atomic mass is 9.99. The molecule has 0 radical (unpaired) electrons. The minimum Gasteiger partial charge on any atom is -0.354 e. The molecule has 0 saturated heterocycles. The zero-order valence-corrected chi connectivity index (χ0v) is 13.3. The monoisotopic (exact) mass is 284 g/mol. The summed E-state index contributed by atoms with van der Waals surface area (Å²) in [7, 11) is 0.413. The van der Waals surface area contributed by atoms with Crippen LogP contribution in [0.25, 0.3) is 6.08 Å². The summed E-state index contributed by atoms with van der Waals surface area (Å²) in [4.78, 5) is 0. The molecule has 0 aliphatic rings. The second-order valence-electron chi connectivity index (χ2n) is 4.99. The lowest BCUT2D eigenvalue weighted by molar-refractivity contribution is 0.422. The molecule has 0 aliphatic heterocycles. The molecule has 1 atom stereocenters. The Hall–Kier alpha value is -1.43. The van der Waals surface area contributed by atoms with E-state index in [9.17, 15) is 0 Å². The van der Waals surface area contributed by atoms with Crippen molar-refractivity contribution in [1.82, 2.24) is 0 Å². The van der Waals surface area contributed by atoms with Crippen LogP contribution in [0.1, 0.15) is 22.3 Å². The van der Waals surface area contributed by atoms with Crippen molar-refractivity contribution in [3.63, 3.8) is 0 Å². The van der Waals surface area contributed by atoms with E-state index >= 15 is 0 Å². The number of hydrogen-bond acceptors (Lipinski definition) is 1. The highest BCUT2D eigenvalue weighted by Crippen LogP contribution is 2.18. The van der Waals surface area contributed by atoms with Crippen molar-refractivity contribution in [2.45, 2.75) is 20.8 Å². The summed E-state index contributed by atoms with van der Waals surface area (Å²) in [5.74, 6) is 0. The summed E-state index contributed by atoms with van der Waals surface area (Å²) in [5, 5.41) is 1.24. The fourth-order valence-corrected chi connectivity index (χ4v) is 2.97. The third-order valence-corrected chi connectivity index (χ3v) is 4.05. The first-order valence-electron chi connectivity index (χ1n) is 6.84. The molecule has 104 valence electrons. The number of hydrogen-bond donors (Lipinski definition) is 0. The van der Waals surface area contributed by atoms with Crippen LogP contribution in [0.5, 0.6) is 0 Å². The molecular formula is C18H21OP. The van der Waals surface area contributed by atoms with Crippen molar-refractivity contribution in [3.05, 3.63) is 70.8 Å². The fraction of sp³-hybridized carbons (Fsp3) is 0.222. The molecule has 20 heavy (non-hydrogen) atoms. The Kier molecular flexibility index (Phi) is 5.52. The van der Waals surface area contributed by atoms with Gasteiger partial charge in [-0.05, 0) is 42.8 Å². The second-order valence-corrected chi connectivity index (χ2v) is 6.06. The molecule has 2 aromatic rings. The first kappa shape index (κ1) is 15.0. The van der Waals surface area contributed by atoms with Crippen LogP contribution < -0.4 is 5.30 Å². The highest BCUT2D eigenvalue weighted by atomic mass is 31.1. The van der Waals surface area contributed by atoms with Crippen LogP contribution in [-0.4, -0.2) is 6.61 Å². The van der Waals surface area contributed by atoms with Gasteiger partial charge in [-0.15, -0.1) is 0 Å². The van der Waals surface area contributed by atoms with Crippen LogP contribution in [0.15, 0.2) is 48.5 Å². The van der Waals surface area contributed by atoms with E-state index in [0.717, 1.165) is 0 Å². The summed E-state index contributed by atoms with van der Waals surface area (Å²) in [6.07, 6.45) is 4.26. The number of aryl methyl sites for hydroxylation is 3. The molecular weight excluding hydrogens is 263 g/mol. The van der Waals surface area contributed by atoms with Gasteiger partial charge >= 0.3 is 0 Å². The van der Waals surface area contributed by atoms with Gasteiger partial charge in [0.25, 0.3) is 0 Å². The summed E-state index contributed by atoms with van der Waals surface area (Å²) < 4.78 is 5.69. The maximum Gasteiger partial charge on any atom is 0.0694 e.